The number of rotatable bonds is 9. The first kappa shape index (κ1) is 26.6. The number of aryl methyl sites for hydroxylation is 2. The SMILES string of the molecule is O=C(O)C[C@@H]1COc2cc(OCc3cc4c(cc3F)CCCc3cc(OCCN5CCOCC5)ccc3-4)ccc21. The van der Waals surface area contributed by atoms with E-state index in [0.29, 0.717) is 30.3 Å². The largest absolute Gasteiger partial charge is 0.492 e. The number of carboxylic acid groups (broad SMARTS) is 1. The average molecular weight is 548 g/mol. The molecule has 3 aromatic rings. The van der Waals surface area contributed by atoms with E-state index >= 15 is 4.39 Å². The molecule has 1 aliphatic carbocycles. The Morgan fingerprint density at radius 1 is 0.975 bits per heavy atom. The number of carbonyl (C=O) groups is 1. The molecule has 0 saturated carbocycles. The Balaban J connectivity index is 1.15. The number of carboxylic acids is 1. The standard InChI is InChI=1S/C32H34FNO6/c33-30-16-22-3-1-2-21-14-25(38-13-10-34-8-11-37-12-9-34)4-6-27(21)29(22)15-24(30)20-39-26-5-7-28-23(17-32(35)36)19-40-31(28)18-26/h4-7,14-16,18,23H,1-3,8-13,17,19-20H2,(H,35,36)/t23-/m1/s1. The van der Waals surface area contributed by atoms with Gasteiger partial charge in [-0.05, 0) is 71.8 Å². The molecule has 210 valence electrons. The minimum Gasteiger partial charge on any atom is -0.492 e. The number of halogens is 1. The van der Waals surface area contributed by atoms with Crippen LogP contribution < -0.4 is 14.2 Å². The van der Waals surface area contributed by atoms with Crippen LogP contribution in [-0.2, 0) is 29.0 Å². The highest BCUT2D eigenvalue weighted by atomic mass is 19.1. The normalized spacial score (nSPS) is 18.2. The summed E-state index contributed by atoms with van der Waals surface area (Å²) in [6.45, 7) is 5.38. The summed E-state index contributed by atoms with van der Waals surface area (Å²) in [6.07, 6.45) is 2.70. The average Bonchev–Trinajstić information content (AvgIpc) is 3.25. The molecule has 0 radical (unpaired) electrons. The third kappa shape index (κ3) is 5.93. The van der Waals surface area contributed by atoms with Crippen molar-refractivity contribution in [2.45, 2.75) is 38.2 Å². The predicted molar refractivity (Wildman–Crippen MR) is 148 cm³/mol. The van der Waals surface area contributed by atoms with Gasteiger partial charge in [-0.3, -0.25) is 9.69 Å². The molecule has 1 N–H and O–H groups in total. The fraction of sp³-hybridized carbons (Fsp3) is 0.406. The summed E-state index contributed by atoms with van der Waals surface area (Å²) in [6, 6.07) is 15.2. The van der Waals surface area contributed by atoms with Crippen molar-refractivity contribution in [3.05, 3.63) is 76.6 Å². The highest BCUT2D eigenvalue weighted by Crippen LogP contribution is 2.39. The molecule has 1 saturated heterocycles. The molecule has 6 rings (SSSR count). The molecule has 2 aliphatic heterocycles. The first-order valence-electron chi connectivity index (χ1n) is 14.0. The van der Waals surface area contributed by atoms with Crippen molar-refractivity contribution in [3.63, 3.8) is 0 Å². The van der Waals surface area contributed by atoms with Crippen molar-refractivity contribution in [3.8, 4) is 28.4 Å². The second kappa shape index (κ2) is 11.9. The molecule has 3 aromatic carbocycles. The number of hydrogen-bond acceptors (Lipinski definition) is 6. The van der Waals surface area contributed by atoms with Crippen LogP contribution in [0.15, 0.2) is 48.5 Å². The van der Waals surface area contributed by atoms with Gasteiger partial charge < -0.3 is 24.1 Å². The van der Waals surface area contributed by atoms with E-state index < -0.39 is 5.97 Å². The van der Waals surface area contributed by atoms with Crippen LogP contribution in [0.4, 0.5) is 4.39 Å². The zero-order chi connectivity index (χ0) is 27.5. The van der Waals surface area contributed by atoms with E-state index in [1.165, 1.54) is 5.56 Å². The van der Waals surface area contributed by atoms with Crippen molar-refractivity contribution in [1.29, 1.82) is 0 Å². The van der Waals surface area contributed by atoms with Gasteiger partial charge in [-0.25, -0.2) is 4.39 Å². The van der Waals surface area contributed by atoms with Crippen LogP contribution in [0.5, 0.6) is 17.2 Å². The fourth-order valence-corrected chi connectivity index (χ4v) is 5.83. The molecular weight excluding hydrogens is 513 g/mol. The number of morpholine rings is 1. The molecule has 7 nitrogen and oxygen atoms in total. The van der Waals surface area contributed by atoms with Crippen molar-refractivity contribution in [2.24, 2.45) is 0 Å². The van der Waals surface area contributed by atoms with Crippen LogP contribution in [0.25, 0.3) is 11.1 Å². The zero-order valence-electron chi connectivity index (χ0n) is 22.5. The Kier molecular flexibility index (Phi) is 7.89. The lowest BCUT2D eigenvalue weighted by Crippen LogP contribution is -2.38. The first-order valence-corrected chi connectivity index (χ1v) is 14.0. The minimum absolute atomic E-state index is 0.0249. The monoisotopic (exact) mass is 547 g/mol. The third-order valence-electron chi connectivity index (χ3n) is 7.99. The lowest BCUT2D eigenvalue weighted by atomic mass is 9.94. The quantitative estimate of drug-likeness (QED) is 0.394. The Labute approximate surface area is 233 Å². The number of fused-ring (bicyclic) bond motifs is 4. The second-order valence-electron chi connectivity index (χ2n) is 10.7. The van der Waals surface area contributed by atoms with Crippen molar-refractivity contribution >= 4 is 5.97 Å². The van der Waals surface area contributed by atoms with Gasteiger partial charge in [-0.2, -0.15) is 0 Å². The third-order valence-corrected chi connectivity index (χ3v) is 7.99. The van der Waals surface area contributed by atoms with Gasteiger partial charge in [-0.15, -0.1) is 0 Å². The lowest BCUT2D eigenvalue weighted by molar-refractivity contribution is -0.137. The van der Waals surface area contributed by atoms with E-state index in [2.05, 4.69) is 17.0 Å². The lowest BCUT2D eigenvalue weighted by Gasteiger charge is -2.26. The van der Waals surface area contributed by atoms with Gasteiger partial charge in [0.1, 0.15) is 36.3 Å². The highest BCUT2D eigenvalue weighted by Gasteiger charge is 2.27. The van der Waals surface area contributed by atoms with Gasteiger partial charge in [0, 0.05) is 42.7 Å². The zero-order valence-corrected chi connectivity index (χ0v) is 22.5. The number of ether oxygens (including phenoxy) is 4. The van der Waals surface area contributed by atoms with Gasteiger partial charge in [0.2, 0.25) is 0 Å². The molecule has 40 heavy (non-hydrogen) atoms. The van der Waals surface area contributed by atoms with E-state index in [9.17, 15) is 4.79 Å². The van der Waals surface area contributed by atoms with Crippen LogP contribution in [0.2, 0.25) is 0 Å². The molecule has 1 atom stereocenters. The fourth-order valence-electron chi connectivity index (χ4n) is 5.83. The molecule has 0 amide bonds. The Hall–Kier alpha value is -3.62. The molecule has 2 heterocycles. The number of hydrogen-bond donors (Lipinski definition) is 1. The van der Waals surface area contributed by atoms with E-state index in [0.717, 1.165) is 80.1 Å². The van der Waals surface area contributed by atoms with Gasteiger partial charge >= 0.3 is 5.97 Å². The summed E-state index contributed by atoms with van der Waals surface area (Å²) in [7, 11) is 0. The topological polar surface area (TPSA) is 77.5 Å². The minimum atomic E-state index is -0.852. The molecule has 3 aliphatic rings. The maximum absolute atomic E-state index is 15.1. The number of aliphatic carboxylic acids is 1. The van der Waals surface area contributed by atoms with Crippen LogP contribution in [-0.4, -0.2) is 62.0 Å². The van der Waals surface area contributed by atoms with Crippen LogP contribution in [0.1, 0.15) is 41.0 Å². The summed E-state index contributed by atoms with van der Waals surface area (Å²) < 4.78 is 38.3. The molecular formula is C32H34FNO6. The van der Waals surface area contributed by atoms with Crippen LogP contribution in [0, 0.1) is 5.82 Å². The summed E-state index contributed by atoms with van der Waals surface area (Å²) >= 11 is 0. The summed E-state index contributed by atoms with van der Waals surface area (Å²) in [4.78, 5) is 13.5. The number of benzene rings is 3. The highest BCUT2D eigenvalue weighted by molar-refractivity contribution is 5.73. The smallest absolute Gasteiger partial charge is 0.304 e. The Bertz CT molecular complexity index is 1390. The maximum Gasteiger partial charge on any atom is 0.304 e. The summed E-state index contributed by atoms with van der Waals surface area (Å²) in [5.74, 6) is 0.759. The molecule has 0 spiro atoms. The Morgan fingerprint density at radius 2 is 1.75 bits per heavy atom. The molecule has 1 fully saturated rings. The summed E-state index contributed by atoms with van der Waals surface area (Å²) in [5.41, 5.74) is 5.74. The maximum atomic E-state index is 15.1. The van der Waals surface area contributed by atoms with Gasteiger partial charge in [-0.1, -0.05) is 12.1 Å². The summed E-state index contributed by atoms with van der Waals surface area (Å²) in [5, 5.41) is 9.12. The van der Waals surface area contributed by atoms with Crippen LogP contribution in [0.3, 0.4) is 0 Å². The van der Waals surface area contributed by atoms with E-state index in [4.69, 9.17) is 24.1 Å². The Morgan fingerprint density at radius 3 is 2.58 bits per heavy atom. The number of nitrogens with zero attached hydrogens (tertiary/aromatic N) is 1. The van der Waals surface area contributed by atoms with Crippen molar-refractivity contribution < 1.29 is 33.2 Å². The van der Waals surface area contributed by atoms with E-state index in [-0.39, 0.29) is 24.8 Å². The van der Waals surface area contributed by atoms with E-state index in [1.807, 2.05) is 18.2 Å². The molecule has 0 aromatic heterocycles. The van der Waals surface area contributed by atoms with E-state index in [1.54, 1.807) is 18.2 Å². The predicted octanol–water partition coefficient (Wildman–Crippen LogP) is 5.22. The van der Waals surface area contributed by atoms with Gasteiger partial charge in [0.15, 0.2) is 0 Å². The van der Waals surface area contributed by atoms with Crippen molar-refractivity contribution in [2.75, 3.05) is 46.1 Å². The van der Waals surface area contributed by atoms with Gasteiger partial charge in [0.25, 0.3) is 0 Å². The second-order valence-corrected chi connectivity index (χ2v) is 10.7. The van der Waals surface area contributed by atoms with Gasteiger partial charge in [0.05, 0.1) is 26.2 Å². The molecule has 0 unspecified atom stereocenters. The van der Waals surface area contributed by atoms with Crippen molar-refractivity contribution in [1.82, 2.24) is 4.90 Å². The van der Waals surface area contributed by atoms with Crippen LogP contribution >= 0.6 is 0 Å². The molecule has 0 bridgehead atoms. The molecule has 8 heteroatoms. The first-order chi connectivity index (χ1) is 19.5.